The SMILES string of the molecule is O=[N+]([O-])c1ccc(Cl)cc1Cl.O=[N+]([O-])c1ccc(Cl)cc1F.O=[N+]([O-])c1ccc(F)cc1Cl.O=[N+]([O-])c1ccc(F)cc1F.[2H]C=N[B].[2H]F.[B]=N.[B]N=CF.[F-].[K+]. The molecule has 1 N–H and O–H groups in total. The van der Waals surface area contributed by atoms with Crippen LogP contribution in [-0.4, -0.2) is 57.9 Å². The van der Waals surface area contributed by atoms with Gasteiger partial charge in [0.05, 0.1) is 21.1 Å². The van der Waals surface area contributed by atoms with Gasteiger partial charge in [-0.15, -0.1) is 0 Å². The van der Waals surface area contributed by atoms with Crippen molar-refractivity contribution in [3.05, 3.63) is 157 Å². The van der Waals surface area contributed by atoms with Gasteiger partial charge in [-0.2, -0.15) is 13.2 Å². The third kappa shape index (κ3) is 28.5. The van der Waals surface area contributed by atoms with E-state index in [1.165, 1.54) is 24.3 Å². The first-order valence-corrected chi connectivity index (χ1v) is 13.9. The average molecular weight is 904 g/mol. The molecule has 4 aromatic rings. The fourth-order valence-electron chi connectivity index (χ4n) is 2.52. The van der Waals surface area contributed by atoms with Crippen molar-refractivity contribution in [3.8, 4) is 0 Å². The molecule has 0 fully saturated rings. The van der Waals surface area contributed by atoms with Crippen LogP contribution in [0.25, 0.3) is 0 Å². The smallest absolute Gasteiger partial charge is 1.00 e. The van der Waals surface area contributed by atoms with E-state index in [2.05, 4.69) is 34.9 Å². The molecular formula is C26H17B3Cl4F7KN7O8. The molecule has 0 aliphatic carbocycles. The van der Waals surface area contributed by atoms with Crippen molar-refractivity contribution < 1.29 is 104 Å². The monoisotopic (exact) mass is 902 g/mol. The van der Waals surface area contributed by atoms with Gasteiger partial charge >= 0.3 is 75.7 Å². The summed E-state index contributed by atoms with van der Waals surface area (Å²) in [5.41, 5.74) is -1.69. The van der Waals surface area contributed by atoms with Crippen molar-refractivity contribution >= 4 is 106 Å². The average Bonchev–Trinajstić information content (AvgIpc) is 3.13. The van der Waals surface area contributed by atoms with Gasteiger partial charge in [-0.1, -0.05) is 46.4 Å². The van der Waals surface area contributed by atoms with Crippen molar-refractivity contribution in [3.63, 3.8) is 0 Å². The topological polar surface area (TPSA) is 221 Å². The Balaban J connectivity index is -0.000000141. The van der Waals surface area contributed by atoms with Crippen molar-refractivity contribution in [1.29, 1.82) is 6.76 Å². The van der Waals surface area contributed by atoms with Crippen molar-refractivity contribution in [2.24, 2.45) is 9.81 Å². The molecule has 0 atom stereocenters. The van der Waals surface area contributed by atoms with Crippen LogP contribution in [0.1, 0.15) is 1.37 Å². The number of halogens is 11. The first kappa shape index (κ1) is 58.8. The summed E-state index contributed by atoms with van der Waals surface area (Å²) in [5.74, 6) is -3.48. The van der Waals surface area contributed by atoms with Gasteiger partial charge in [0.2, 0.25) is 11.6 Å². The Bertz CT molecular complexity index is 1670. The molecule has 15 nitrogen and oxygen atoms in total. The second-order valence-corrected chi connectivity index (χ2v) is 9.49. The second-order valence-electron chi connectivity index (χ2n) is 7.81. The van der Waals surface area contributed by atoms with E-state index in [1.54, 1.807) is 0 Å². The summed E-state index contributed by atoms with van der Waals surface area (Å²) in [6.45, 7) is 0.806. The molecule has 4 rings (SSSR count). The summed E-state index contributed by atoms with van der Waals surface area (Å²) in [5, 5.41) is 46.0. The molecule has 0 aliphatic heterocycles. The summed E-state index contributed by atoms with van der Waals surface area (Å²) < 4.78 is 78.8. The predicted molar refractivity (Wildman–Crippen MR) is 194 cm³/mol. The van der Waals surface area contributed by atoms with E-state index in [4.69, 9.17) is 57.8 Å². The second kappa shape index (κ2) is 36.7. The zero-order valence-corrected chi connectivity index (χ0v) is 33.6. The van der Waals surface area contributed by atoms with Gasteiger partial charge in [0.1, 0.15) is 21.7 Å². The van der Waals surface area contributed by atoms with Crippen LogP contribution in [0.4, 0.5) is 49.4 Å². The Morgan fingerprint density at radius 2 is 0.946 bits per heavy atom. The maximum atomic E-state index is 12.6. The number of nitrogens with zero attached hydrogens (tertiary/aromatic N) is 6. The minimum absolute atomic E-state index is 0. The maximum absolute atomic E-state index is 12.6. The Morgan fingerprint density at radius 1 is 0.661 bits per heavy atom. The van der Waals surface area contributed by atoms with Crippen molar-refractivity contribution in [2.45, 2.75) is 0 Å². The number of nitrogens with one attached hydrogen (secondary N) is 1. The molecule has 30 heteroatoms. The van der Waals surface area contributed by atoms with Crippen LogP contribution >= 0.6 is 46.4 Å². The molecule has 5 radical (unpaired) electrons. The summed E-state index contributed by atoms with van der Waals surface area (Å²) in [6.07, 6.45) is 0. The molecule has 0 bridgehead atoms. The Hall–Kier alpha value is -3.88. The minimum Gasteiger partial charge on any atom is -1.00 e. The largest absolute Gasteiger partial charge is 1.00 e. The summed E-state index contributed by atoms with van der Waals surface area (Å²) in [6, 6.07) is 12.2. The first-order chi connectivity index (χ1) is 26.3. The standard InChI is InChI=1S/C6H3Cl2NO2.2C6H3ClFNO2.C6H3F2NO2.CHBFN.CH2BN.BHN.2FH.K/c7-4-1-2-6(9(10)11)5(8)3-4;7-5-3-4(8)1-2-6(5)9(10)11;2*7-4-1-2-6(9(10)11)5(8)3-4;2-4-1-3;1-3-2;1-2;;;/h4*1-3H;1H;1H2;2H;2*1H;/q;;;;;;;;;+1/p-1/i;;;;;1D;;;;/hD. The molecule has 0 saturated carbocycles. The fraction of sp³-hybridized carbons (Fsp3) is 0. The quantitative estimate of drug-likeness (QED) is 0.105. The van der Waals surface area contributed by atoms with E-state index in [-0.39, 0.29) is 89.0 Å². The molecule has 0 aromatic heterocycles. The minimum atomic E-state index is -1.16. The zero-order chi connectivity index (χ0) is 44.6. The molecule has 0 saturated heterocycles. The molecule has 0 unspecified atom stereocenters. The third-order valence-electron chi connectivity index (χ3n) is 4.48. The van der Waals surface area contributed by atoms with Crippen molar-refractivity contribution in [1.82, 2.24) is 0 Å². The van der Waals surface area contributed by atoms with Gasteiger partial charge in [-0.05, 0) is 49.2 Å². The van der Waals surface area contributed by atoms with Gasteiger partial charge in [0.15, 0.2) is 6.47 Å². The van der Waals surface area contributed by atoms with E-state index in [0.29, 0.717) is 11.1 Å². The van der Waals surface area contributed by atoms with Gasteiger partial charge in [-0.25, -0.2) is 8.78 Å². The van der Waals surface area contributed by atoms with Crippen LogP contribution in [0.15, 0.2) is 82.6 Å². The Kier molecular flexibility index (Phi) is 38.6. The molecule has 0 spiro atoms. The molecule has 56 heavy (non-hydrogen) atoms. The molecule has 0 heterocycles. The molecular weight excluding hydrogens is 885 g/mol. The zero-order valence-electron chi connectivity index (χ0n) is 29.4. The molecule has 0 amide bonds. The van der Waals surface area contributed by atoms with Gasteiger partial charge in [0, 0.05) is 40.4 Å². The number of nitro groups is 4. The van der Waals surface area contributed by atoms with E-state index in [9.17, 15) is 62.4 Å². The number of nitro benzene ring substituents is 4. The number of hydrogen-bond donors (Lipinski definition) is 1. The van der Waals surface area contributed by atoms with E-state index in [1.807, 2.05) is 0 Å². The van der Waals surface area contributed by atoms with Crippen LogP contribution in [0.5, 0.6) is 0 Å². The number of benzene rings is 4. The molecule has 0 aliphatic rings. The Labute approximate surface area is 379 Å². The number of rotatable bonds is 4. The molecule has 291 valence electrons. The van der Waals surface area contributed by atoms with E-state index in [0.717, 1.165) is 49.2 Å². The normalized spacial score (nSPS) is 9.09. The van der Waals surface area contributed by atoms with Crippen LogP contribution in [0.2, 0.25) is 20.1 Å². The van der Waals surface area contributed by atoms with Gasteiger partial charge < -0.3 is 14.5 Å². The van der Waals surface area contributed by atoms with E-state index < -0.39 is 54.3 Å². The van der Waals surface area contributed by atoms with Crippen LogP contribution in [0, 0.1) is 69.0 Å². The fourth-order valence-corrected chi connectivity index (χ4v) is 3.39. The summed E-state index contributed by atoms with van der Waals surface area (Å²) >= 11 is 21.7. The Morgan fingerprint density at radius 3 is 1.23 bits per heavy atom. The van der Waals surface area contributed by atoms with Gasteiger partial charge in [-0.3, -0.25) is 45.2 Å². The summed E-state index contributed by atoms with van der Waals surface area (Å²) in [4.78, 5) is 42.7. The maximum Gasteiger partial charge on any atom is 1.00 e. The van der Waals surface area contributed by atoms with E-state index >= 15 is 0 Å². The van der Waals surface area contributed by atoms with Crippen LogP contribution < -0.4 is 56.1 Å². The van der Waals surface area contributed by atoms with Crippen LogP contribution in [-0.2, 0) is 0 Å². The predicted octanol–water partition coefficient (Wildman–Crippen LogP) is 3.47. The van der Waals surface area contributed by atoms with Gasteiger partial charge in [0.25, 0.3) is 28.8 Å². The van der Waals surface area contributed by atoms with Crippen molar-refractivity contribution in [2.75, 3.05) is 0 Å². The summed E-state index contributed by atoms with van der Waals surface area (Å²) in [7, 11) is 12.4. The third-order valence-corrected chi connectivity index (χ3v) is 5.56. The first-order valence-electron chi connectivity index (χ1n) is 13.3. The van der Waals surface area contributed by atoms with Crippen LogP contribution in [0.3, 0.4) is 0 Å². The number of hydrogen-bond acceptors (Lipinski definition) is 11. The molecule has 4 aromatic carbocycles.